The van der Waals surface area contributed by atoms with Crippen molar-refractivity contribution >= 4 is 5.82 Å². The zero-order valence-corrected chi connectivity index (χ0v) is 10.0. The van der Waals surface area contributed by atoms with Gasteiger partial charge in [-0.2, -0.15) is 0 Å². The lowest BCUT2D eigenvalue weighted by Gasteiger charge is -2.29. The van der Waals surface area contributed by atoms with Crippen molar-refractivity contribution in [2.75, 3.05) is 31.1 Å². The normalized spacial score (nSPS) is 18.6. The summed E-state index contributed by atoms with van der Waals surface area (Å²) in [4.78, 5) is 6.95. The first kappa shape index (κ1) is 11.4. The second kappa shape index (κ2) is 4.80. The van der Waals surface area contributed by atoms with Gasteiger partial charge in [0.25, 0.3) is 0 Å². The van der Waals surface area contributed by atoms with Crippen LogP contribution < -0.4 is 16.0 Å². The molecule has 1 fully saturated rings. The molecule has 0 spiro atoms. The van der Waals surface area contributed by atoms with Gasteiger partial charge in [-0.3, -0.25) is 0 Å². The van der Waals surface area contributed by atoms with Crippen LogP contribution in [0.25, 0.3) is 0 Å². The number of piperazine rings is 1. The molecule has 1 aliphatic heterocycles. The summed E-state index contributed by atoms with van der Waals surface area (Å²) in [6.45, 7) is 8.17. The minimum Gasteiger partial charge on any atom is -0.354 e. The number of nitrogens with two attached hydrogens (primary N) is 1. The van der Waals surface area contributed by atoms with E-state index in [0.717, 1.165) is 43.3 Å². The molecule has 2 heterocycles. The van der Waals surface area contributed by atoms with Crippen molar-refractivity contribution in [2.24, 2.45) is 5.73 Å². The van der Waals surface area contributed by atoms with Crippen LogP contribution in [-0.2, 0) is 0 Å². The van der Waals surface area contributed by atoms with Gasteiger partial charge in [-0.05, 0) is 25.5 Å². The Balaban J connectivity index is 2.19. The van der Waals surface area contributed by atoms with E-state index in [0.29, 0.717) is 0 Å². The summed E-state index contributed by atoms with van der Waals surface area (Å²) in [6.07, 6.45) is 0. The lowest BCUT2D eigenvalue weighted by atomic mass is 10.1. The first-order valence-electron chi connectivity index (χ1n) is 5.87. The van der Waals surface area contributed by atoms with Gasteiger partial charge in [0.2, 0.25) is 0 Å². The van der Waals surface area contributed by atoms with Crippen molar-refractivity contribution < 1.29 is 0 Å². The Morgan fingerprint density at radius 3 is 2.62 bits per heavy atom. The second-order valence-corrected chi connectivity index (χ2v) is 4.37. The zero-order valence-electron chi connectivity index (χ0n) is 10.0. The molecule has 0 saturated carbocycles. The smallest absolute Gasteiger partial charge is 0.128 e. The molecule has 0 bridgehead atoms. The highest BCUT2D eigenvalue weighted by Gasteiger charge is 2.13. The molecule has 0 aliphatic carbocycles. The minimum absolute atomic E-state index is 0.0598. The molecule has 0 aromatic carbocycles. The summed E-state index contributed by atoms with van der Waals surface area (Å²) in [6, 6.07) is 4.24. The predicted octanol–water partition coefficient (Wildman–Crippen LogP) is 0.819. The van der Waals surface area contributed by atoms with E-state index in [2.05, 4.69) is 27.3 Å². The van der Waals surface area contributed by atoms with Crippen molar-refractivity contribution in [1.82, 2.24) is 10.3 Å². The molecule has 1 aliphatic rings. The molecule has 0 amide bonds. The lowest BCUT2D eigenvalue weighted by molar-refractivity contribution is 0.584. The SMILES string of the molecule is Cc1nc(N2CCNCC2)ccc1[C@H](C)N. The van der Waals surface area contributed by atoms with Gasteiger partial charge in [-0.1, -0.05) is 6.07 Å². The number of nitrogens with one attached hydrogen (secondary N) is 1. The Labute approximate surface area is 96.8 Å². The van der Waals surface area contributed by atoms with E-state index in [1.807, 2.05) is 13.8 Å². The minimum atomic E-state index is 0.0598. The fraction of sp³-hybridized carbons (Fsp3) is 0.583. The van der Waals surface area contributed by atoms with Crippen LogP contribution in [0, 0.1) is 6.92 Å². The molecule has 1 aromatic rings. The zero-order chi connectivity index (χ0) is 11.5. The molecule has 0 unspecified atom stereocenters. The number of hydrogen-bond acceptors (Lipinski definition) is 4. The Hall–Kier alpha value is -1.13. The topological polar surface area (TPSA) is 54.2 Å². The third-order valence-electron chi connectivity index (χ3n) is 3.04. The molecular weight excluding hydrogens is 200 g/mol. The van der Waals surface area contributed by atoms with Gasteiger partial charge in [0, 0.05) is 37.9 Å². The van der Waals surface area contributed by atoms with Crippen molar-refractivity contribution in [3.8, 4) is 0 Å². The van der Waals surface area contributed by atoms with E-state index < -0.39 is 0 Å². The van der Waals surface area contributed by atoms with E-state index in [1.165, 1.54) is 0 Å². The fourth-order valence-corrected chi connectivity index (χ4v) is 2.11. The largest absolute Gasteiger partial charge is 0.354 e. The molecule has 1 saturated heterocycles. The fourth-order valence-electron chi connectivity index (χ4n) is 2.11. The molecule has 2 rings (SSSR count). The van der Waals surface area contributed by atoms with Crippen LogP contribution in [0.5, 0.6) is 0 Å². The van der Waals surface area contributed by atoms with E-state index in [-0.39, 0.29) is 6.04 Å². The van der Waals surface area contributed by atoms with Crippen molar-refractivity contribution in [3.63, 3.8) is 0 Å². The van der Waals surface area contributed by atoms with Gasteiger partial charge in [-0.15, -0.1) is 0 Å². The maximum atomic E-state index is 5.88. The highest BCUT2D eigenvalue weighted by molar-refractivity contribution is 5.42. The van der Waals surface area contributed by atoms with E-state index in [4.69, 9.17) is 5.73 Å². The average Bonchev–Trinajstić information content (AvgIpc) is 2.29. The maximum absolute atomic E-state index is 5.88. The Kier molecular flexibility index (Phi) is 3.41. The standard InChI is InChI=1S/C12H20N4/c1-9(13)11-3-4-12(15-10(11)2)16-7-5-14-6-8-16/h3-4,9,14H,5-8,13H2,1-2H3/t9-/m0/s1. The predicted molar refractivity (Wildman–Crippen MR) is 66.7 cm³/mol. The summed E-state index contributed by atoms with van der Waals surface area (Å²) in [7, 11) is 0. The van der Waals surface area contributed by atoms with Gasteiger partial charge >= 0.3 is 0 Å². The number of rotatable bonds is 2. The van der Waals surface area contributed by atoms with Crippen LogP contribution in [0.2, 0.25) is 0 Å². The number of nitrogens with zero attached hydrogens (tertiary/aromatic N) is 2. The molecule has 0 radical (unpaired) electrons. The average molecular weight is 220 g/mol. The van der Waals surface area contributed by atoms with Gasteiger partial charge < -0.3 is 16.0 Å². The van der Waals surface area contributed by atoms with Crippen molar-refractivity contribution in [3.05, 3.63) is 23.4 Å². The first-order chi connectivity index (χ1) is 7.68. The van der Waals surface area contributed by atoms with Gasteiger partial charge in [0.15, 0.2) is 0 Å². The van der Waals surface area contributed by atoms with Gasteiger partial charge in [0.05, 0.1) is 0 Å². The number of aryl methyl sites for hydroxylation is 1. The maximum Gasteiger partial charge on any atom is 0.128 e. The van der Waals surface area contributed by atoms with E-state index in [1.54, 1.807) is 0 Å². The van der Waals surface area contributed by atoms with Gasteiger partial charge in [-0.25, -0.2) is 4.98 Å². The summed E-state index contributed by atoms with van der Waals surface area (Å²) in [5, 5.41) is 3.34. The number of anilines is 1. The van der Waals surface area contributed by atoms with Crippen LogP contribution in [0.1, 0.15) is 24.2 Å². The van der Waals surface area contributed by atoms with Crippen molar-refractivity contribution in [1.29, 1.82) is 0 Å². The van der Waals surface area contributed by atoms with Crippen LogP contribution >= 0.6 is 0 Å². The third-order valence-corrected chi connectivity index (χ3v) is 3.04. The molecule has 3 N–H and O–H groups in total. The van der Waals surface area contributed by atoms with Crippen molar-refractivity contribution in [2.45, 2.75) is 19.9 Å². The molecule has 4 nitrogen and oxygen atoms in total. The van der Waals surface area contributed by atoms with E-state index in [9.17, 15) is 0 Å². The third kappa shape index (κ3) is 2.33. The molecule has 16 heavy (non-hydrogen) atoms. The molecule has 1 aromatic heterocycles. The summed E-state index contributed by atoms with van der Waals surface area (Å²) in [5.41, 5.74) is 8.06. The highest BCUT2D eigenvalue weighted by Crippen LogP contribution is 2.18. The highest BCUT2D eigenvalue weighted by atomic mass is 15.2. The van der Waals surface area contributed by atoms with E-state index >= 15 is 0 Å². The Bertz CT molecular complexity index is 356. The monoisotopic (exact) mass is 220 g/mol. The molecule has 88 valence electrons. The molecule has 4 heteroatoms. The van der Waals surface area contributed by atoms with Crippen LogP contribution in [0.15, 0.2) is 12.1 Å². The Morgan fingerprint density at radius 2 is 2.06 bits per heavy atom. The Morgan fingerprint density at radius 1 is 1.38 bits per heavy atom. The first-order valence-corrected chi connectivity index (χ1v) is 5.87. The van der Waals surface area contributed by atoms with Crippen LogP contribution in [0.3, 0.4) is 0 Å². The number of aromatic nitrogens is 1. The quantitative estimate of drug-likeness (QED) is 0.775. The summed E-state index contributed by atoms with van der Waals surface area (Å²) >= 11 is 0. The number of hydrogen-bond donors (Lipinski definition) is 2. The molecule has 1 atom stereocenters. The molecular formula is C12H20N4. The summed E-state index contributed by atoms with van der Waals surface area (Å²) < 4.78 is 0. The number of pyridine rings is 1. The van der Waals surface area contributed by atoms with Crippen LogP contribution in [0.4, 0.5) is 5.82 Å². The van der Waals surface area contributed by atoms with Crippen LogP contribution in [-0.4, -0.2) is 31.2 Å². The van der Waals surface area contributed by atoms with Gasteiger partial charge in [0.1, 0.15) is 5.82 Å². The lowest BCUT2D eigenvalue weighted by Crippen LogP contribution is -2.44. The summed E-state index contributed by atoms with van der Waals surface area (Å²) in [5.74, 6) is 1.07. The second-order valence-electron chi connectivity index (χ2n) is 4.37.